The van der Waals surface area contributed by atoms with Crippen LogP contribution in [0.5, 0.6) is 0 Å². The number of hydrogen-bond acceptors (Lipinski definition) is 6. The largest absolute Gasteiger partial charge is 0.375 e. The maximum absolute atomic E-state index is 6.11. The summed E-state index contributed by atoms with van der Waals surface area (Å²) in [5.41, 5.74) is 7.96. The summed E-state index contributed by atoms with van der Waals surface area (Å²) in [6.45, 7) is 5.38. The molecule has 0 spiro atoms. The average Bonchev–Trinajstić information content (AvgIpc) is 3.29. The molecule has 27 heavy (non-hydrogen) atoms. The van der Waals surface area contributed by atoms with Crippen molar-refractivity contribution in [1.29, 1.82) is 0 Å². The van der Waals surface area contributed by atoms with E-state index in [4.69, 9.17) is 17.3 Å². The van der Waals surface area contributed by atoms with Gasteiger partial charge in [-0.3, -0.25) is 4.90 Å². The Hall–Kier alpha value is -1.31. The van der Waals surface area contributed by atoms with E-state index in [1.165, 1.54) is 26.8 Å². The van der Waals surface area contributed by atoms with E-state index >= 15 is 0 Å². The molecule has 8 heteroatoms. The number of nitrogens with two attached hydrogens (primary N) is 1. The summed E-state index contributed by atoms with van der Waals surface area (Å²) in [4.78, 5) is 11.9. The highest BCUT2D eigenvalue weighted by atomic mass is 35.5. The number of thiophene rings is 1. The molecule has 2 N–H and O–H groups in total. The summed E-state index contributed by atoms with van der Waals surface area (Å²) in [6, 6.07) is 12.5. The highest BCUT2D eigenvalue weighted by Crippen LogP contribution is 2.30. The molecule has 1 saturated heterocycles. The lowest BCUT2D eigenvalue weighted by Gasteiger charge is -2.36. The Bertz CT molecular complexity index is 872. The molecule has 144 valence electrons. The lowest BCUT2D eigenvalue weighted by atomic mass is 10.2. The number of aromatic nitrogens is 1. The first-order valence-corrected chi connectivity index (χ1v) is 10.8. The van der Waals surface area contributed by atoms with Crippen molar-refractivity contribution in [1.82, 2.24) is 9.88 Å². The second-order valence-electron chi connectivity index (χ2n) is 6.40. The number of thiazole rings is 1. The molecule has 1 aliphatic heterocycles. The normalized spacial score (nSPS) is 14.9. The number of nitrogen functional groups attached to an aromatic ring is 1. The number of piperazine rings is 1. The van der Waals surface area contributed by atoms with Gasteiger partial charge in [0.05, 0.1) is 10.6 Å². The Kier molecular flexibility index (Phi) is 7.00. The van der Waals surface area contributed by atoms with E-state index in [-0.39, 0.29) is 12.4 Å². The summed E-state index contributed by atoms with van der Waals surface area (Å²) < 4.78 is 0. The summed E-state index contributed by atoms with van der Waals surface area (Å²) in [7, 11) is 0. The Balaban J connectivity index is 0.00000210. The molecule has 0 amide bonds. The van der Waals surface area contributed by atoms with Gasteiger partial charge in [0.15, 0.2) is 5.13 Å². The molecule has 0 saturated carbocycles. The Morgan fingerprint density at radius 3 is 2.63 bits per heavy atom. The van der Waals surface area contributed by atoms with E-state index in [1.54, 1.807) is 0 Å². The van der Waals surface area contributed by atoms with Gasteiger partial charge >= 0.3 is 0 Å². The zero-order chi connectivity index (χ0) is 17.9. The number of nitrogens with zero attached hydrogens (tertiary/aromatic N) is 3. The maximum Gasteiger partial charge on any atom is 0.180 e. The first-order chi connectivity index (χ1) is 12.7. The highest BCUT2D eigenvalue weighted by molar-refractivity contribution is 7.16. The smallest absolute Gasteiger partial charge is 0.180 e. The lowest BCUT2D eigenvalue weighted by molar-refractivity contribution is 0.261. The SMILES string of the molecule is Cl.Nc1nc(-c2ccc(CCN3CCN(c4cccc(Cl)c4)CC3)s2)cs1. The number of rotatable bonds is 5. The van der Waals surface area contributed by atoms with E-state index in [1.807, 2.05) is 28.8 Å². The molecule has 1 aromatic carbocycles. The van der Waals surface area contributed by atoms with Crippen molar-refractivity contribution in [3.05, 3.63) is 51.7 Å². The molecular weight excluding hydrogens is 419 g/mol. The van der Waals surface area contributed by atoms with Gasteiger partial charge in [-0.2, -0.15) is 0 Å². The highest BCUT2D eigenvalue weighted by Gasteiger charge is 2.17. The minimum Gasteiger partial charge on any atom is -0.375 e. The Morgan fingerprint density at radius 2 is 1.93 bits per heavy atom. The number of anilines is 2. The Labute approximate surface area is 179 Å². The van der Waals surface area contributed by atoms with E-state index in [0.29, 0.717) is 5.13 Å². The van der Waals surface area contributed by atoms with Crippen LogP contribution < -0.4 is 10.6 Å². The van der Waals surface area contributed by atoms with Crippen molar-refractivity contribution < 1.29 is 0 Å². The molecule has 4 rings (SSSR count). The maximum atomic E-state index is 6.11. The summed E-state index contributed by atoms with van der Waals surface area (Å²) >= 11 is 9.43. The lowest BCUT2D eigenvalue weighted by Crippen LogP contribution is -2.46. The molecule has 0 atom stereocenters. The molecule has 0 radical (unpaired) electrons. The van der Waals surface area contributed by atoms with Gasteiger partial charge < -0.3 is 10.6 Å². The fraction of sp³-hybridized carbons (Fsp3) is 0.316. The quantitative estimate of drug-likeness (QED) is 0.612. The second-order valence-corrected chi connectivity index (χ2v) is 8.89. The predicted octanol–water partition coefficient (Wildman–Crippen LogP) is 4.89. The van der Waals surface area contributed by atoms with Crippen LogP contribution in [-0.2, 0) is 6.42 Å². The van der Waals surface area contributed by atoms with E-state index in [0.717, 1.165) is 49.9 Å². The van der Waals surface area contributed by atoms with Crippen molar-refractivity contribution in [3.8, 4) is 10.6 Å². The van der Waals surface area contributed by atoms with Gasteiger partial charge in [-0.25, -0.2) is 4.98 Å². The zero-order valence-corrected chi connectivity index (χ0v) is 18.0. The van der Waals surface area contributed by atoms with Crippen LogP contribution in [0.15, 0.2) is 41.8 Å². The van der Waals surface area contributed by atoms with E-state index < -0.39 is 0 Å². The zero-order valence-electron chi connectivity index (χ0n) is 14.8. The standard InChI is InChI=1S/C19H21ClN4S2.ClH/c20-14-2-1-3-15(12-14)24-10-8-23(9-11-24)7-6-16-4-5-18(26-16)17-13-25-19(21)22-17;/h1-5,12-13H,6-11H2,(H2,21,22);1H. The molecule has 0 bridgehead atoms. The minimum absolute atomic E-state index is 0. The van der Waals surface area contributed by atoms with E-state index in [9.17, 15) is 0 Å². The van der Waals surface area contributed by atoms with Crippen LogP contribution in [0.1, 0.15) is 4.88 Å². The second kappa shape index (κ2) is 9.26. The van der Waals surface area contributed by atoms with Crippen LogP contribution in [-0.4, -0.2) is 42.6 Å². The first-order valence-electron chi connectivity index (χ1n) is 8.70. The molecule has 4 nitrogen and oxygen atoms in total. The molecule has 3 heterocycles. The summed E-state index contributed by atoms with van der Waals surface area (Å²) in [6.07, 6.45) is 1.08. The molecule has 2 aromatic heterocycles. The first kappa shape index (κ1) is 20.4. The third kappa shape index (κ3) is 5.15. The van der Waals surface area contributed by atoms with Gasteiger partial charge in [-0.15, -0.1) is 35.1 Å². The summed E-state index contributed by atoms with van der Waals surface area (Å²) in [5, 5.41) is 3.47. The van der Waals surface area contributed by atoms with Gasteiger partial charge in [0.25, 0.3) is 0 Å². The summed E-state index contributed by atoms with van der Waals surface area (Å²) in [5.74, 6) is 0. The van der Waals surface area contributed by atoms with Crippen molar-refractivity contribution in [2.45, 2.75) is 6.42 Å². The molecule has 3 aromatic rings. The van der Waals surface area contributed by atoms with Crippen LogP contribution in [0.2, 0.25) is 5.02 Å². The third-order valence-corrected chi connectivity index (χ3v) is 6.73. The fourth-order valence-corrected chi connectivity index (χ4v) is 5.00. The van der Waals surface area contributed by atoms with Crippen LogP contribution in [0.4, 0.5) is 10.8 Å². The average molecular weight is 441 g/mol. The van der Waals surface area contributed by atoms with Crippen molar-refractivity contribution in [3.63, 3.8) is 0 Å². The van der Waals surface area contributed by atoms with Crippen LogP contribution in [0.25, 0.3) is 10.6 Å². The predicted molar refractivity (Wildman–Crippen MR) is 121 cm³/mol. The number of benzene rings is 1. The van der Waals surface area contributed by atoms with Crippen molar-refractivity contribution >= 4 is 57.5 Å². The molecular formula is C19H22Cl2N4S2. The number of halogens is 2. The topological polar surface area (TPSA) is 45.4 Å². The van der Waals surface area contributed by atoms with Gasteiger partial charge in [0, 0.05) is 53.7 Å². The van der Waals surface area contributed by atoms with Gasteiger partial charge in [-0.1, -0.05) is 17.7 Å². The Morgan fingerprint density at radius 1 is 1.11 bits per heavy atom. The molecule has 1 fully saturated rings. The fourth-order valence-electron chi connectivity index (χ4n) is 3.22. The van der Waals surface area contributed by atoms with Crippen LogP contribution in [0.3, 0.4) is 0 Å². The minimum atomic E-state index is 0. The van der Waals surface area contributed by atoms with Gasteiger partial charge in [-0.05, 0) is 36.8 Å². The van der Waals surface area contributed by atoms with Crippen molar-refractivity contribution in [2.75, 3.05) is 43.4 Å². The molecule has 0 unspecified atom stereocenters. The molecule has 0 aliphatic carbocycles. The van der Waals surface area contributed by atoms with Crippen molar-refractivity contribution in [2.24, 2.45) is 0 Å². The molecule has 1 aliphatic rings. The van der Waals surface area contributed by atoms with Crippen LogP contribution in [0, 0.1) is 0 Å². The van der Waals surface area contributed by atoms with E-state index in [2.05, 4.69) is 39.0 Å². The van der Waals surface area contributed by atoms with Crippen LogP contribution >= 0.6 is 46.7 Å². The monoisotopic (exact) mass is 440 g/mol. The number of hydrogen-bond donors (Lipinski definition) is 1. The van der Waals surface area contributed by atoms with Gasteiger partial charge in [0.2, 0.25) is 0 Å². The third-order valence-electron chi connectivity index (χ3n) is 4.66. The van der Waals surface area contributed by atoms with Gasteiger partial charge in [0.1, 0.15) is 0 Å².